The molecule has 0 saturated carbocycles. The number of fused-ring (bicyclic) bond motifs is 1. The second kappa shape index (κ2) is 7.61. The van der Waals surface area contributed by atoms with Gasteiger partial charge in [0.05, 0.1) is 43.0 Å². The molecule has 4 rings (SSSR count). The topological polar surface area (TPSA) is 106 Å². The van der Waals surface area contributed by atoms with Crippen molar-refractivity contribution >= 4 is 28.4 Å². The Balaban J connectivity index is 1.56. The Kier molecular flexibility index (Phi) is 4.86. The van der Waals surface area contributed by atoms with Crippen molar-refractivity contribution in [1.29, 1.82) is 0 Å². The summed E-state index contributed by atoms with van der Waals surface area (Å²) < 4.78 is 5.03. The quantitative estimate of drug-likeness (QED) is 0.539. The highest BCUT2D eigenvalue weighted by Crippen LogP contribution is 2.31. The van der Waals surface area contributed by atoms with Crippen LogP contribution in [-0.4, -0.2) is 37.9 Å². The standard InChI is InChI=1S/C19H15ClN6O2/c1-28-18-10-23-16(9-24-18)13-6-15-11(5-14(13)20)4-12(26-15)7-25-19(27)17-8-21-2-3-22-17/h2-6,8-10,26H,7H2,1H3,(H,25,27). The summed E-state index contributed by atoms with van der Waals surface area (Å²) in [6, 6.07) is 5.69. The zero-order chi connectivity index (χ0) is 19.5. The summed E-state index contributed by atoms with van der Waals surface area (Å²) in [5.74, 6) is 0.140. The van der Waals surface area contributed by atoms with E-state index in [4.69, 9.17) is 16.3 Å². The van der Waals surface area contributed by atoms with Crippen molar-refractivity contribution in [3.63, 3.8) is 0 Å². The average molecular weight is 395 g/mol. The lowest BCUT2D eigenvalue weighted by molar-refractivity contribution is 0.0945. The number of aromatic nitrogens is 5. The number of halogens is 1. The van der Waals surface area contributed by atoms with Crippen LogP contribution in [0, 0.1) is 0 Å². The fraction of sp³-hybridized carbons (Fsp3) is 0.105. The van der Waals surface area contributed by atoms with Crippen LogP contribution in [0.4, 0.5) is 0 Å². The number of ether oxygens (including phenoxy) is 1. The van der Waals surface area contributed by atoms with Gasteiger partial charge in [-0.2, -0.15) is 0 Å². The highest BCUT2D eigenvalue weighted by molar-refractivity contribution is 6.34. The lowest BCUT2D eigenvalue weighted by Crippen LogP contribution is -2.23. The summed E-state index contributed by atoms with van der Waals surface area (Å²) in [6.07, 6.45) is 7.56. The number of amides is 1. The zero-order valence-corrected chi connectivity index (χ0v) is 15.6. The Bertz CT molecular complexity index is 1130. The van der Waals surface area contributed by atoms with Crippen LogP contribution in [0.2, 0.25) is 5.02 Å². The molecule has 1 amide bonds. The van der Waals surface area contributed by atoms with E-state index in [1.165, 1.54) is 31.9 Å². The van der Waals surface area contributed by atoms with Gasteiger partial charge >= 0.3 is 0 Å². The van der Waals surface area contributed by atoms with E-state index in [0.717, 1.165) is 22.2 Å². The fourth-order valence-electron chi connectivity index (χ4n) is 2.75. The summed E-state index contributed by atoms with van der Waals surface area (Å²) in [5, 5.41) is 4.29. The van der Waals surface area contributed by atoms with Crippen molar-refractivity contribution in [2.45, 2.75) is 6.54 Å². The van der Waals surface area contributed by atoms with Gasteiger partial charge in [-0.15, -0.1) is 0 Å². The summed E-state index contributed by atoms with van der Waals surface area (Å²) in [6.45, 7) is 0.319. The number of rotatable bonds is 5. The number of nitrogens with one attached hydrogen (secondary N) is 2. The molecule has 28 heavy (non-hydrogen) atoms. The molecule has 3 aromatic heterocycles. The van der Waals surface area contributed by atoms with Gasteiger partial charge in [-0.3, -0.25) is 9.78 Å². The molecule has 0 unspecified atom stereocenters. The molecular formula is C19H15ClN6O2. The number of benzene rings is 1. The van der Waals surface area contributed by atoms with Crippen molar-refractivity contribution in [3.05, 3.63) is 65.6 Å². The van der Waals surface area contributed by atoms with E-state index >= 15 is 0 Å². The van der Waals surface area contributed by atoms with Gasteiger partial charge in [0.25, 0.3) is 5.91 Å². The molecule has 8 nitrogen and oxygen atoms in total. The summed E-state index contributed by atoms with van der Waals surface area (Å²) in [5.41, 5.74) is 3.37. The number of aromatic amines is 1. The number of methoxy groups -OCH3 is 1. The van der Waals surface area contributed by atoms with Gasteiger partial charge in [-0.05, 0) is 18.2 Å². The first-order valence-electron chi connectivity index (χ1n) is 8.36. The Morgan fingerprint density at radius 1 is 1.14 bits per heavy atom. The van der Waals surface area contributed by atoms with Crippen molar-refractivity contribution in [1.82, 2.24) is 30.2 Å². The van der Waals surface area contributed by atoms with Gasteiger partial charge in [0.15, 0.2) is 0 Å². The molecule has 2 N–H and O–H groups in total. The maximum atomic E-state index is 12.1. The Morgan fingerprint density at radius 3 is 2.75 bits per heavy atom. The van der Waals surface area contributed by atoms with Crippen molar-refractivity contribution < 1.29 is 9.53 Å². The molecule has 0 aliphatic rings. The highest BCUT2D eigenvalue weighted by atomic mass is 35.5. The molecule has 0 saturated heterocycles. The minimum atomic E-state index is -0.293. The van der Waals surface area contributed by atoms with Crippen molar-refractivity contribution in [2.75, 3.05) is 7.11 Å². The smallest absolute Gasteiger partial charge is 0.271 e. The predicted molar refractivity (Wildman–Crippen MR) is 104 cm³/mol. The van der Waals surface area contributed by atoms with Crippen LogP contribution < -0.4 is 10.1 Å². The molecule has 0 fully saturated rings. The van der Waals surface area contributed by atoms with E-state index in [9.17, 15) is 4.79 Å². The number of hydrogen-bond donors (Lipinski definition) is 2. The fourth-order valence-corrected chi connectivity index (χ4v) is 3.02. The summed E-state index contributed by atoms with van der Waals surface area (Å²) in [7, 11) is 1.53. The van der Waals surface area contributed by atoms with Crippen LogP contribution in [0.1, 0.15) is 16.2 Å². The number of nitrogens with zero attached hydrogens (tertiary/aromatic N) is 4. The van der Waals surface area contributed by atoms with Crippen LogP contribution in [0.3, 0.4) is 0 Å². The highest BCUT2D eigenvalue weighted by Gasteiger charge is 2.12. The van der Waals surface area contributed by atoms with Crippen molar-refractivity contribution in [3.8, 4) is 17.1 Å². The first kappa shape index (κ1) is 17.9. The second-order valence-corrected chi connectivity index (χ2v) is 6.34. The van der Waals surface area contributed by atoms with E-state index in [-0.39, 0.29) is 11.6 Å². The van der Waals surface area contributed by atoms with Gasteiger partial charge in [0.1, 0.15) is 5.69 Å². The molecule has 1 aromatic carbocycles. The Morgan fingerprint density at radius 2 is 2.04 bits per heavy atom. The Hall–Kier alpha value is -3.52. The molecule has 0 bridgehead atoms. The molecule has 140 valence electrons. The van der Waals surface area contributed by atoms with E-state index in [1.807, 2.05) is 18.2 Å². The third kappa shape index (κ3) is 3.63. The van der Waals surface area contributed by atoms with Crippen LogP contribution in [0.5, 0.6) is 5.88 Å². The maximum absolute atomic E-state index is 12.1. The Labute approximate surface area is 165 Å². The molecule has 3 heterocycles. The van der Waals surface area contributed by atoms with Crippen LogP contribution in [0.25, 0.3) is 22.2 Å². The van der Waals surface area contributed by atoms with Gasteiger partial charge in [-0.1, -0.05) is 11.6 Å². The number of H-pyrrole nitrogens is 1. The van der Waals surface area contributed by atoms with Crippen LogP contribution in [-0.2, 0) is 6.54 Å². The minimum Gasteiger partial charge on any atom is -0.480 e. The molecule has 0 aliphatic heterocycles. The summed E-state index contributed by atoms with van der Waals surface area (Å²) >= 11 is 6.43. The molecule has 4 aromatic rings. The minimum absolute atomic E-state index is 0.266. The first-order chi connectivity index (χ1) is 13.6. The SMILES string of the molecule is COc1cnc(-c2cc3[nH]c(CNC(=O)c4cnccn4)cc3cc2Cl)cn1. The molecule has 9 heteroatoms. The second-order valence-electron chi connectivity index (χ2n) is 5.93. The van der Waals surface area contributed by atoms with Gasteiger partial charge in [0, 0.05) is 34.6 Å². The van der Waals surface area contributed by atoms with E-state index < -0.39 is 0 Å². The van der Waals surface area contributed by atoms with E-state index in [1.54, 1.807) is 6.20 Å². The molecule has 0 aliphatic carbocycles. The van der Waals surface area contributed by atoms with Gasteiger partial charge in [0.2, 0.25) is 5.88 Å². The molecule has 0 spiro atoms. The van der Waals surface area contributed by atoms with Crippen LogP contribution in [0.15, 0.2) is 49.2 Å². The number of carbonyl (C=O) groups excluding carboxylic acids is 1. The number of hydrogen-bond acceptors (Lipinski definition) is 6. The van der Waals surface area contributed by atoms with E-state index in [2.05, 4.69) is 30.2 Å². The lowest BCUT2D eigenvalue weighted by Gasteiger charge is -2.05. The monoisotopic (exact) mass is 394 g/mol. The summed E-state index contributed by atoms with van der Waals surface area (Å²) in [4.78, 5) is 31.8. The predicted octanol–water partition coefficient (Wildman–Crippen LogP) is 3.01. The third-order valence-corrected chi connectivity index (χ3v) is 4.43. The largest absolute Gasteiger partial charge is 0.480 e. The maximum Gasteiger partial charge on any atom is 0.271 e. The van der Waals surface area contributed by atoms with Crippen LogP contribution >= 0.6 is 11.6 Å². The number of carbonyl (C=O) groups is 1. The lowest BCUT2D eigenvalue weighted by atomic mass is 10.1. The molecule has 0 radical (unpaired) electrons. The van der Waals surface area contributed by atoms with E-state index in [0.29, 0.717) is 23.1 Å². The average Bonchev–Trinajstić information content (AvgIpc) is 3.13. The molecule has 0 atom stereocenters. The zero-order valence-electron chi connectivity index (χ0n) is 14.8. The van der Waals surface area contributed by atoms with Gasteiger partial charge in [-0.25, -0.2) is 15.0 Å². The molecular weight excluding hydrogens is 380 g/mol. The van der Waals surface area contributed by atoms with Crippen molar-refractivity contribution in [2.24, 2.45) is 0 Å². The first-order valence-corrected chi connectivity index (χ1v) is 8.73. The third-order valence-electron chi connectivity index (χ3n) is 4.11. The van der Waals surface area contributed by atoms with Gasteiger partial charge < -0.3 is 15.0 Å². The normalized spacial score (nSPS) is 10.8.